The van der Waals surface area contributed by atoms with Gasteiger partial charge < -0.3 is 0 Å². The van der Waals surface area contributed by atoms with Crippen LogP contribution in [-0.2, 0) is 19.9 Å². The lowest BCUT2D eigenvalue weighted by Crippen LogP contribution is -2.29. The van der Waals surface area contributed by atoms with Crippen LogP contribution < -0.4 is 4.72 Å². The Bertz CT molecular complexity index is 695. The van der Waals surface area contributed by atoms with E-state index in [2.05, 4.69) is 4.72 Å². The van der Waals surface area contributed by atoms with Gasteiger partial charge in [0.05, 0.1) is 4.90 Å². The number of nitrogens with one attached hydrogen (secondary N) is 1. The monoisotopic (exact) mass is 337 g/mol. The van der Waals surface area contributed by atoms with Crippen molar-refractivity contribution in [3.05, 3.63) is 24.0 Å². The Morgan fingerprint density at radius 2 is 1.71 bits per heavy atom. The second kappa shape index (κ2) is 6.85. The molecule has 1 aromatic carbocycles. The van der Waals surface area contributed by atoms with E-state index < -0.39 is 30.6 Å². The fourth-order valence-electron chi connectivity index (χ4n) is 1.80. The van der Waals surface area contributed by atoms with Crippen LogP contribution >= 0.6 is 0 Å². The summed E-state index contributed by atoms with van der Waals surface area (Å²) in [7, 11) is -7.68. The number of benzene rings is 1. The van der Waals surface area contributed by atoms with E-state index in [4.69, 9.17) is 0 Å². The maximum atomic E-state index is 13.7. The highest BCUT2D eigenvalue weighted by Crippen LogP contribution is 2.20. The average molecular weight is 337 g/mol. The molecule has 0 bridgehead atoms. The summed E-state index contributed by atoms with van der Waals surface area (Å²) in [5.74, 6) is -0.819. The van der Waals surface area contributed by atoms with Crippen LogP contribution in [0.25, 0.3) is 0 Å². The fraction of sp³-hybridized carbons (Fsp3) is 0.538. The molecule has 0 heterocycles. The summed E-state index contributed by atoms with van der Waals surface area (Å²) in [6.07, 6.45) is 2.53. The zero-order valence-corrected chi connectivity index (χ0v) is 13.9. The standard InChI is InChI=1S/C13H20FNO4S2/c1-4-10(5-2)9-15-21(18,19)13-8-11(20(3,16)17)6-7-12(13)14/h6-8,10,15H,4-5,9H2,1-3H3. The molecule has 0 amide bonds. The Kier molecular flexibility index (Phi) is 5.89. The van der Waals surface area contributed by atoms with Crippen LogP contribution in [0.3, 0.4) is 0 Å². The van der Waals surface area contributed by atoms with Gasteiger partial charge in [-0.25, -0.2) is 25.9 Å². The van der Waals surface area contributed by atoms with E-state index in [0.717, 1.165) is 37.3 Å². The summed E-state index contributed by atoms with van der Waals surface area (Å²) in [5, 5.41) is 0. The number of rotatable bonds is 7. The van der Waals surface area contributed by atoms with Gasteiger partial charge in [-0.3, -0.25) is 0 Å². The molecule has 120 valence electrons. The van der Waals surface area contributed by atoms with Crippen LogP contribution in [0.2, 0.25) is 0 Å². The maximum absolute atomic E-state index is 13.7. The molecule has 0 aliphatic heterocycles. The van der Waals surface area contributed by atoms with Crippen LogP contribution in [0.4, 0.5) is 4.39 Å². The summed E-state index contributed by atoms with van der Waals surface area (Å²) in [4.78, 5) is -0.872. The van der Waals surface area contributed by atoms with Crippen molar-refractivity contribution in [2.24, 2.45) is 5.92 Å². The Balaban J connectivity index is 3.14. The van der Waals surface area contributed by atoms with Gasteiger partial charge in [-0.2, -0.15) is 0 Å². The van der Waals surface area contributed by atoms with Crippen LogP contribution in [0, 0.1) is 11.7 Å². The third kappa shape index (κ3) is 4.76. The topological polar surface area (TPSA) is 80.3 Å². The predicted octanol–water partition coefficient (Wildman–Crippen LogP) is 1.94. The molecule has 0 saturated carbocycles. The largest absolute Gasteiger partial charge is 0.243 e. The van der Waals surface area contributed by atoms with Crippen molar-refractivity contribution >= 4 is 19.9 Å². The molecular weight excluding hydrogens is 317 g/mol. The normalized spacial score (nSPS) is 12.8. The predicted molar refractivity (Wildman–Crippen MR) is 78.8 cm³/mol. The fourth-order valence-corrected chi connectivity index (χ4v) is 3.74. The van der Waals surface area contributed by atoms with E-state index >= 15 is 0 Å². The van der Waals surface area contributed by atoms with E-state index in [-0.39, 0.29) is 17.4 Å². The van der Waals surface area contributed by atoms with Gasteiger partial charge in [0.1, 0.15) is 10.7 Å². The molecule has 0 radical (unpaired) electrons. The highest BCUT2D eigenvalue weighted by Gasteiger charge is 2.22. The van der Waals surface area contributed by atoms with Crippen molar-refractivity contribution in [2.45, 2.75) is 36.5 Å². The van der Waals surface area contributed by atoms with Gasteiger partial charge in [-0.1, -0.05) is 26.7 Å². The van der Waals surface area contributed by atoms with Gasteiger partial charge in [0.25, 0.3) is 0 Å². The Hall–Kier alpha value is -0.990. The first-order chi connectivity index (χ1) is 9.61. The van der Waals surface area contributed by atoms with Gasteiger partial charge >= 0.3 is 0 Å². The summed E-state index contributed by atoms with van der Waals surface area (Å²) < 4.78 is 63.2. The second-order valence-corrected chi connectivity index (χ2v) is 8.65. The zero-order valence-electron chi connectivity index (χ0n) is 12.3. The third-order valence-corrected chi connectivity index (χ3v) is 5.89. The van der Waals surface area contributed by atoms with E-state index in [1.807, 2.05) is 13.8 Å². The number of sulfone groups is 1. The number of hydrogen-bond donors (Lipinski definition) is 1. The first kappa shape index (κ1) is 18.1. The molecule has 0 fully saturated rings. The van der Waals surface area contributed by atoms with Crippen molar-refractivity contribution < 1.29 is 21.2 Å². The minimum Gasteiger partial charge on any atom is -0.224 e. The van der Waals surface area contributed by atoms with Gasteiger partial charge in [-0.15, -0.1) is 0 Å². The molecule has 0 aliphatic carbocycles. The van der Waals surface area contributed by atoms with Crippen molar-refractivity contribution in [1.29, 1.82) is 0 Å². The van der Waals surface area contributed by atoms with E-state index in [1.165, 1.54) is 0 Å². The van der Waals surface area contributed by atoms with Crippen LogP contribution in [-0.4, -0.2) is 29.6 Å². The van der Waals surface area contributed by atoms with Gasteiger partial charge in [0.2, 0.25) is 10.0 Å². The summed E-state index contributed by atoms with van der Waals surface area (Å²) in [5.41, 5.74) is 0. The highest BCUT2D eigenvalue weighted by molar-refractivity contribution is 7.91. The van der Waals surface area contributed by atoms with Crippen molar-refractivity contribution in [3.8, 4) is 0 Å². The molecule has 0 atom stereocenters. The van der Waals surface area contributed by atoms with Crippen LogP contribution in [0.1, 0.15) is 26.7 Å². The van der Waals surface area contributed by atoms with Crippen LogP contribution in [0.15, 0.2) is 28.0 Å². The lowest BCUT2D eigenvalue weighted by Gasteiger charge is -2.14. The first-order valence-corrected chi connectivity index (χ1v) is 9.98. The molecule has 0 aliphatic rings. The van der Waals surface area contributed by atoms with Crippen molar-refractivity contribution in [2.75, 3.05) is 12.8 Å². The lowest BCUT2D eigenvalue weighted by atomic mass is 10.0. The average Bonchev–Trinajstić information content (AvgIpc) is 2.38. The maximum Gasteiger partial charge on any atom is 0.243 e. The summed E-state index contributed by atoms with van der Waals surface area (Å²) in [6, 6.07) is 2.74. The summed E-state index contributed by atoms with van der Waals surface area (Å²) in [6.45, 7) is 4.07. The third-order valence-electron chi connectivity index (χ3n) is 3.34. The molecule has 0 spiro atoms. The smallest absolute Gasteiger partial charge is 0.224 e. The second-order valence-electron chi connectivity index (χ2n) is 4.90. The molecule has 21 heavy (non-hydrogen) atoms. The first-order valence-electron chi connectivity index (χ1n) is 6.61. The SMILES string of the molecule is CCC(CC)CNS(=O)(=O)c1cc(S(C)(=O)=O)ccc1F. The molecule has 0 unspecified atom stereocenters. The van der Waals surface area contributed by atoms with Gasteiger partial charge in [0, 0.05) is 12.8 Å². The molecule has 5 nitrogen and oxygen atoms in total. The lowest BCUT2D eigenvalue weighted by molar-refractivity contribution is 0.477. The number of hydrogen-bond acceptors (Lipinski definition) is 4. The Morgan fingerprint density at radius 3 is 2.19 bits per heavy atom. The zero-order chi connectivity index (χ0) is 16.3. The van der Waals surface area contributed by atoms with Gasteiger partial charge in [-0.05, 0) is 24.1 Å². The minimum atomic E-state index is -4.08. The van der Waals surface area contributed by atoms with E-state index in [0.29, 0.717) is 0 Å². The molecule has 1 N–H and O–H groups in total. The van der Waals surface area contributed by atoms with Gasteiger partial charge in [0.15, 0.2) is 9.84 Å². The molecule has 0 aromatic heterocycles. The van der Waals surface area contributed by atoms with E-state index in [9.17, 15) is 21.2 Å². The van der Waals surface area contributed by atoms with Crippen molar-refractivity contribution in [3.63, 3.8) is 0 Å². The van der Waals surface area contributed by atoms with Crippen molar-refractivity contribution in [1.82, 2.24) is 4.72 Å². The molecule has 1 aromatic rings. The number of halogens is 1. The molecule has 8 heteroatoms. The summed E-state index contributed by atoms with van der Waals surface area (Å²) >= 11 is 0. The highest BCUT2D eigenvalue weighted by atomic mass is 32.2. The Labute approximate surface area is 125 Å². The molecule has 1 rings (SSSR count). The molecule has 0 saturated heterocycles. The Morgan fingerprint density at radius 1 is 1.14 bits per heavy atom. The number of sulfonamides is 1. The molecular formula is C13H20FNO4S2. The minimum absolute atomic E-state index is 0.154. The van der Waals surface area contributed by atoms with Crippen LogP contribution in [0.5, 0.6) is 0 Å². The quantitative estimate of drug-likeness (QED) is 0.771. The van der Waals surface area contributed by atoms with E-state index in [1.54, 1.807) is 0 Å².